The van der Waals surface area contributed by atoms with E-state index >= 15 is 0 Å². The van der Waals surface area contributed by atoms with Crippen molar-refractivity contribution >= 4 is 31.9 Å². The number of pyridine rings is 1. The fraction of sp³-hybridized carbons (Fsp3) is 0.286. The van der Waals surface area contributed by atoms with Crippen LogP contribution in [0.5, 0.6) is 0 Å². The molecule has 0 aromatic carbocycles. The quantitative estimate of drug-likeness (QED) is 0.815. The molecule has 1 rings (SSSR count). The molecule has 0 radical (unpaired) electrons. The van der Waals surface area contributed by atoms with Crippen molar-refractivity contribution in [3.8, 4) is 0 Å². The Bertz CT molecular complexity index is 280. The zero-order valence-corrected chi connectivity index (χ0v) is 9.34. The van der Waals surface area contributed by atoms with Gasteiger partial charge in [-0.15, -0.1) is 0 Å². The highest BCUT2D eigenvalue weighted by atomic mass is 79.9. The lowest BCUT2D eigenvalue weighted by atomic mass is 10.1. The van der Waals surface area contributed by atoms with Gasteiger partial charge in [-0.2, -0.15) is 0 Å². The van der Waals surface area contributed by atoms with E-state index in [-0.39, 0.29) is 12.6 Å². The van der Waals surface area contributed by atoms with Crippen LogP contribution in [0.1, 0.15) is 11.6 Å². The SMILES string of the molecule is N[C@@H](CO)c1cc(Br)ncc1Br. The molecule has 3 N–H and O–H groups in total. The first-order chi connectivity index (χ1) is 5.65. The number of aromatic nitrogens is 1. The second-order valence-corrected chi connectivity index (χ2v) is 3.98. The van der Waals surface area contributed by atoms with Crippen molar-refractivity contribution in [2.45, 2.75) is 6.04 Å². The van der Waals surface area contributed by atoms with Gasteiger partial charge in [-0.1, -0.05) is 0 Å². The van der Waals surface area contributed by atoms with Gasteiger partial charge < -0.3 is 10.8 Å². The number of rotatable bonds is 2. The molecule has 0 amide bonds. The third-order valence-corrected chi connectivity index (χ3v) is 2.54. The average molecular weight is 296 g/mol. The summed E-state index contributed by atoms with van der Waals surface area (Å²) in [5.41, 5.74) is 6.48. The number of hydrogen-bond donors (Lipinski definition) is 2. The molecule has 1 aromatic heterocycles. The van der Waals surface area contributed by atoms with Gasteiger partial charge in [0.2, 0.25) is 0 Å². The van der Waals surface area contributed by atoms with Crippen LogP contribution in [-0.4, -0.2) is 16.7 Å². The summed E-state index contributed by atoms with van der Waals surface area (Å²) < 4.78 is 1.52. The summed E-state index contributed by atoms with van der Waals surface area (Å²) in [7, 11) is 0. The molecule has 0 saturated carbocycles. The van der Waals surface area contributed by atoms with Gasteiger partial charge in [0.1, 0.15) is 4.60 Å². The van der Waals surface area contributed by atoms with Crippen LogP contribution in [0.25, 0.3) is 0 Å². The van der Waals surface area contributed by atoms with Crippen LogP contribution in [-0.2, 0) is 0 Å². The number of halogens is 2. The lowest BCUT2D eigenvalue weighted by Gasteiger charge is -2.10. The normalized spacial score (nSPS) is 13.0. The summed E-state index contributed by atoms with van der Waals surface area (Å²) in [6, 6.07) is 1.42. The fourth-order valence-electron chi connectivity index (χ4n) is 0.810. The highest BCUT2D eigenvalue weighted by Crippen LogP contribution is 2.23. The highest BCUT2D eigenvalue weighted by molar-refractivity contribution is 9.11. The van der Waals surface area contributed by atoms with E-state index in [0.717, 1.165) is 10.0 Å². The van der Waals surface area contributed by atoms with E-state index < -0.39 is 0 Å². The van der Waals surface area contributed by atoms with Gasteiger partial charge in [0.15, 0.2) is 0 Å². The van der Waals surface area contributed by atoms with Gasteiger partial charge in [-0.05, 0) is 43.5 Å². The molecular weight excluding hydrogens is 288 g/mol. The lowest BCUT2D eigenvalue weighted by molar-refractivity contribution is 0.267. The van der Waals surface area contributed by atoms with Crippen LogP contribution in [0, 0.1) is 0 Å². The molecule has 66 valence electrons. The van der Waals surface area contributed by atoms with Crippen LogP contribution in [0.3, 0.4) is 0 Å². The Hall–Kier alpha value is 0.0300. The minimum Gasteiger partial charge on any atom is -0.394 e. The van der Waals surface area contributed by atoms with Gasteiger partial charge >= 0.3 is 0 Å². The Balaban J connectivity index is 3.04. The predicted molar refractivity (Wildman–Crippen MR) is 53.7 cm³/mol. The van der Waals surface area contributed by atoms with E-state index in [9.17, 15) is 0 Å². The Morgan fingerprint density at radius 2 is 2.25 bits per heavy atom. The molecule has 1 atom stereocenters. The first kappa shape index (κ1) is 10.1. The van der Waals surface area contributed by atoms with Crippen molar-refractivity contribution in [2.75, 3.05) is 6.61 Å². The van der Waals surface area contributed by atoms with Crippen LogP contribution < -0.4 is 5.73 Å². The van der Waals surface area contributed by atoms with Crippen molar-refractivity contribution in [1.29, 1.82) is 0 Å². The van der Waals surface area contributed by atoms with E-state index in [4.69, 9.17) is 10.8 Å². The summed E-state index contributed by atoms with van der Waals surface area (Å²) in [4.78, 5) is 3.99. The minimum absolute atomic E-state index is 0.0744. The molecule has 0 bridgehead atoms. The molecule has 0 saturated heterocycles. The molecule has 1 aromatic rings. The maximum atomic E-state index is 8.82. The Kier molecular flexibility index (Phi) is 3.64. The van der Waals surface area contributed by atoms with E-state index in [2.05, 4.69) is 36.8 Å². The zero-order chi connectivity index (χ0) is 9.14. The van der Waals surface area contributed by atoms with Crippen LogP contribution in [0.4, 0.5) is 0 Å². The number of aliphatic hydroxyl groups excluding tert-OH is 1. The van der Waals surface area contributed by atoms with Crippen molar-refractivity contribution < 1.29 is 5.11 Å². The van der Waals surface area contributed by atoms with Crippen molar-refractivity contribution in [1.82, 2.24) is 4.98 Å². The summed E-state index contributed by atoms with van der Waals surface area (Å²) in [5, 5.41) is 8.82. The number of hydrogen-bond acceptors (Lipinski definition) is 3. The average Bonchev–Trinajstić information content (AvgIpc) is 2.08. The minimum atomic E-state index is -0.362. The highest BCUT2D eigenvalue weighted by Gasteiger charge is 2.09. The molecule has 0 aliphatic carbocycles. The molecule has 0 aliphatic heterocycles. The zero-order valence-electron chi connectivity index (χ0n) is 6.17. The van der Waals surface area contributed by atoms with Crippen LogP contribution in [0.2, 0.25) is 0 Å². The number of nitrogens with two attached hydrogens (primary N) is 1. The standard InChI is InChI=1S/C7H8Br2N2O/c8-5-2-11-7(9)1-4(5)6(10)3-12/h1-2,6,12H,3,10H2/t6-/m0/s1. The van der Waals surface area contributed by atoms with E-state index in [1.54, 1.807) is 12.3 Å². The van der Waals surface area contributed by atoms with Gasteiger partial charge in [0, 0.05) is 10.7 Å². The summed E-state index contributed by atoms with van der Waals surface area (Å²) >= 11 is 6.52. The second-order valence-electron chi connectivity index (χ2n) is 2.32. The first-order valence-corrected chi connectivity index (χ1v) is 4.91. The maximum absolute atomic E-state index is 8.82. The molecule has 5 heteroatoms. The van der Waals surface area contributed by atoms with Crippen LogP contribution in [0.15, 0.2) is 21.3 Å². The molecule has 12 heavy (non-hydrogen) atoms. The third-order valence-electron chi connectivity index (χ3n) is 1.45. The first-order valence-electron chi connectivity index (χ1n) is 3.32. The van der Waals surface area contributed by atoms with Gasteiger partial charge in [-0.3, -0.25) is 0 Å². The summed E-state index contributed by atoms with van der Waals surface area (Å²) in [6.45, 7) is -0.0744. The van der Waals surface area contributed by atoms with E-state index in [0.29, 0.717) is 4.60 Å². The number of nitrogens with zero attached hydrogens (tertiary/aromatic N) is 1. The van der Waals surface area contributed by atoms with Crippen molar-refractivity contribution in [3.63, 3.8) is 0 Å². The Labute approximate surface area is 87.3 Å². The molecule has 0 aliphatic rings. The number of aliphatic hydroxyl groups is 1. The fourth-order valence-corrected chi connectivity index (χ4v) is 1.67. The molecule has 0 spiro atoms. The molecular formula is C7H8Br2N2O. The molecule has 0 fully saturated rings. The van der Waals surface area contributed by atoms with E-state index in [1.807, 2.05) is 0 Å². The third kappa shape index (κ3) is 2.26. The Morgan fingerprint density at radius 3 is 2.83 bits per heavy atom. The molecule has 3 nitrogen and oxygen atoms in total. The molecule has 1 heterocycles. The smallest absolute Gasteiger partial charge is 0.106 e. The second kappa shape index (κ2) is 4.32. The van der Waals surface area contributed by atoms with Crippen molar-refractivity contribution in [2.24, 2.45) is 5.73 Å². The summed E-state index contributed by atoms with van der Waals surface area (Å²) in [5.74, 6) is 0. The summed E-state index contributed by atoms with van der Waals surface area (Å²) in [6.07, 6.45) is 1.65. The van der Waals surface area contributed by atoms with E-state index in [1.165, 1.54) is 0 Å². The lowest BCUT2D eigenvalue weighted by Crippen LogP contribution is -2.15. The van der Waals surface area contributed by atoms with Gasteiger partial charge in [0.05, 0.1) is 12.6 Å². The van der Waals surface area contributed by atoms with Gasteiger partial charge in [-0.25, -0.2) is 4.98 Å². The monoisotopic (exact) mass is 294 g/mol. The topological polar surface area (TPSA) is 59.1 Å². The largest absolute Gasteiger partial charge is 0.394 e. The van der Waals surface area contributed by atoms with Crippen molar-refractivity contribution in [3.05, 3.63) is 26.9 Å². The predicted octanol–water partition coefficient (Wildman–Crippen LogP) is 1.60. The maximum Gasteiger partial charge on any atom is 0.106 e. The van der Waals surface area contributed by atoms with Crippen LogP contribution >= 0.6 is 31.9 Å². The molecule has 0 unspecified atom stereocenters. The Morgan fingerprint density at radius 1 is 1.58 bits per heavy atom. The van der Waals surface area contributed by atoms with Gasteiger partial charge in [0.25, 0.3) is 0 Å².